The lowest BCUT2D eigenvalue weighted by Gasteiger charge is -2.08. The normalized spacial score (nSPS) is 10.5. The molecule has 0 fully saturated rings. The second kappa shape index (κ2) is 10.4. The first-order chi connectivity index (χ1) is 13.0. The SMILES string of the molecule is CCCCNC(=O)COC(=O)Cc1ccc(OCc2c(C)noc2C)cc1. The van der Waals surface area contributed by atoms with Gasteiger partial charge in [-0.1, -0.05) is 30.6 Å². The number of esters is 1. The lowest BCUT2D eigenvalue weighted by molar-refractivity contribution is -0.147. The van der Waals surface area contributed by atoms with Gasteiger partial charge >= 0.3 is 5.97 Å². The summed E-state index contributed by atoms with van der Waals surface area (Å²) < 4.78 is 15.8. The number of aryl methyl sites for hydroxylation is 2. The summed E-state index contributed by atoms with van der Waals surface area (Å²) in [6.45, 7) is 6.48. The number of carbonyl (C=O) groups excluding carboxylic acids is 2. The van der Waals surface area contributed by atoms with Gasteiger partial charge < -0.3 is 19.3 Å². The Morgan fingerprint density at radius 3 is 2.56 bits per heavy atom. The molecule has 0 aliphatic heterocycles. The van der Waals surface area contributed by atoms with Crippen molar-refractivity contribution in [1.29, 1.82) is 0 Å². The number of benzene rings is 1. The van der Waals surface area contributed by atoms with Crippen molar-refractivity contribution < 1.29 is 23.6 Å². The Kier molecular flexibility index (Phi) is 7.85. The third-order valence-electron chi connectivity index (χ3n) is 4.05. The number of amides is 1. The molecule has 1 aromatic carbocycles. The van der Waals surface area contributed by atoms with Crippen molar-refractivity contribution in [2.45, 2.75) is 46.6 Å². The lowest BCUT2D eigenvalue weighted by atomic mass is 10.1. The van der Waals surface area contributed by atoms with Gasteiger partial charge in [-0.3, -0.25) is 9.59 Å². The summed E-state index contributed by atoms with van der Waals surface area (Å²) in [5.41, 5.74) is 2.53. The minimum atomic E-state index is -0.440. The highest BCUT2D eigenvalue weighted by atomic mass is 16.5. The van der Waals surface area contributed by atoms with Gasteiger partial charge in [-0.2, -0.15) is 0 Å². The van der Waals surface area contributed by atoms with E-state index in [1.54, 1.807) is 24.3 Å². The first-order valence-corrected chi connectivity index (χ1v) is 9.05. The number of hydrogen-bond donors (Lipinski definition) is 1. The summed E-state index contributed by atoms with van der Waals surface area (Å²) in [4.78, 5) is 23.4. The van der Waals surface area contributed by atoms with Crippen LogP contribution in [0.25, 0.3) is 0 Å². The average molecular weight is 374 g/mol. The molecule has 0 unspecified atom stereocenters. The van der Waals surface area contributed by atoms with Crippen LogP contribution in [0, 0.1) is 13.8 Å². The summed E-state index contributed by atoms with van der Waals surface area (Å²) in [5.74, 6) is 0.706. The summed E-state index contributed by atoms with van der Waals surface area (Å²) in [6, 6.07) is 7.17. The third kappa shape index (κ3) is 6.77. The highest BCUT2D eigenvalue weighted by Crippen LogP contribution is 2.18. The Morgan fingerprint density at radius 2 is 1.93 bits per heavy atom. The van der Waals surface area contributed by atoms with Crippen LogP contribution in [0.2, 0.25) is 0 Å². The Morgan fingerprint density at radius 1 is 1.19 bits per heavy atom. The molecule has 2 rings (SSSR count). The molecule has 1 aromatic heterocycles. The molecule has 146 valence electrons. The van der Waals surface area contributed by atoms with E-state index < -0.39 is 5.97 Å². The molecule has 0 saturated carbocycles. The highest BCUT2D eigenvalue weighted by molar-refractivity contribution is 5.81. The summed E-state index contributed by atoms with van der Waals surface area (Å²) in [7, 11) is 0. The minimum Gasteiger partial charge on any atom is -0.489 e. The molecular weight excluding hydrogens is 348 g/mol. The molecule has 0 bridgehead atoms. The molecule has 2 aromatic rings. The Labute approximate surface area is 159 Å². The number of carbonyl (C=O) groups is 2. The van der Waals surface area contributed by atoms with Crippen molar-refractivity contribution in [3.05, 3.63) is 46.8 Å². The van der Waals surface area contributed by atoms with Crippen molar-refractivity contribution in [1.82, 2.24) is 10.5 Å². The monoisotopic (exact) mass is 374 g/mol. The minimum absolute atomic E-state index is 0.104. The topological polar surface area (TPSA) is 90.7 Å². The number of ether oxygens (including phenoxy) is 2. The number of rotatable bonds is 10. The lowest BCUT2D eigenvalue weighted by Crippen LogP contribution is -2.29. The van der Waals surface area contributed by atoms with E-state index in [2.05, 4.69) is 10.5 Å². The maximum atomic E-state index is 11.8. The van der Waals surface area contributed by atoms with E-state index in [4.69, 9.17) is 14.0 Å². The maximum Gasteiger partial charge on any atom is 0.310 e. The van der Waals surface area contributed by atoms with Crippen molar-refractivity contribution >= 4 is 11.9 Å². The summed E-state index contributed by atoms with van der Waals surface area (Å²) in [5, 5.41) is 6.59. The number of nitrogens with zero attached hydrogens (tertiary/aromatic N) is 1. The molecule has 7 heteroatoms. The van der Waals surface area contributed by atoms with E-state index in [0.717, 1.165) is 35.4 Å². The average Bonchev–Trinajstić information content (AvgIpc) is 2.97. The van der Waals surface area contributed by atoms with Crippen molar-refractivity contribution in [2.24, 2.45) is 0 Å². The molecule has 0 radical (unpaired) electrons. The molecule has 0 aliphatic carbocycles. The quantitative estimate of drug-likeness (QED) is 0.508. The summed E-state index contributed by atoms with van der Waals surface area (Å²) in [6.07, 6.45) is 2.01. The van der Waals surface area contributed by atoms with Gasteiger partial charge in [0.1, 0.15) is 18.1 Å². The summed E-state index contributed by atoms with van der Waals surface area (Å²) >= 11 is 0. The number of hydrogen-bond acceptors (Lipinski definition) is 6. The molecule has 0 saturated heterocycles. The maximum absolute atomic E-state index is 11.8. The van der Waals surface area contributed by atoms with Crippen LogP contribution in [-0.4, -0.2) is 30.2 Å². The van der Waals surface area contributed by atoms with Crippen molar-refractivity contribution in [3.63, 3.8) is 0 Å². The number of nitrogens with one attached hydrogen (secondary N) is 1. The largest absolute Gasteiger partial charge is 0.489 e. The number of unbranched alkanes of at least 4 members (excludes halogenated alkanes) is 1. The zero-order valence-electron chi connectivity index (χ0n) is 16.0. The number of aromatic nitrogens is 1. The van der Waals surface area contributed by atoms with Crippen LogP contribution in [0.15, 0.2) is 28.8 Å². The van der Waals surface area contributed by atoms with Crippen LogP contribution in [-0.2, 0) is 27.4 Å². The van der Waals surface area contributed by atoms with Crippen LogP contribution in [0.1, 0.15) is 42.3 Å². The smallest absolute Gasteiger partial charge is 0.310 e. The van der Waals surface area contributed by atoms with Gasteiger partial charge in [0.05, 0.1) is 17.7 Å². The molecule has 1 heterocycles. The zero-order valence-corrected chi connectivity index (χ0v) is 16.0. The molecule has 1 amide bonds. The zero-order chi connectivity index (χ0) is 19.6. The molecule has 0 atom stereocenters. The van der Waals surface area contributed by atoms with E-state index in [1.807, 2.05) is 20.8 Å². The molecular formula is C20H26N2O5. The molecule has 1 N–H and O–H groups in total. The standard InChI is InChI=1S/C20H26N2O5/c1-4-5-10-21-19(23)13-26-20(24)11-16-6-8-17(9-7-16)25-12-18-14(2)22-27-15(18)3/h6-9H,4-5,10-13H2,1-3H3,(H,21,23). The van der Waals surface area contributed by atoms with E-state index >= 15 is 0 Å². The molecule has 7 nitrogen and oxygen atoms in total. The van der Waals surface area contributed by atoms with E-state index in [9.17, 15) is 9.59 Å². The van der Waals surface area contributed by atoms with Gasteiger partial charge in [0.15, 0.2) is 6.61 Å². The molecule has 0 spiro atoms. The van der Waals surface area contributed by atoms with Gasteiger partial charge in [0.2, 0.25) is 0 Å². The molecule has 27 heavy (non-hydrogen) atoms. The van der Waals surface area contributed by atoms with Gasteiger partial charge in [0.25, 0.3) is 5.91 Å². The third-order valence-corrected chi connectivity index (χ3v) is 4.05. The van der Waals surface area contributed by atoms with Crippen LogP contribution < -0.4 is 10.1 Å². The fraction of sp³-hybridized carbons (Fsp3) is 0.450. The van der Waals surface area contributed by atoms with E-state index in [1.165, 1.54) is 0 Å². The second-order valence-corrected chi connectivity index (χ2v) is 6.28. The van der Waals surface area contributed by atoms with Crippen LogP contribution in [0.5, 0.6) is 5.75 Å². The van der Waals surface area contributed by atoms with Crippen LogP contribution >= 0.6 is 0 Å². The first-order valence-electron chi connectivity index (χ1n) is 9.05. The second-order valence-electron chi connectivity index (χ2n) is 6.28. The Hall–Kier alpha value is -2.83. The van der Waals surface area contributed by atoms with Crippen LogP contribution in [0.4, 0.5) is 0 Å². The fourth-order valence-electron chi connectivity index (χ4n) is 2.39. The van der Waals surface area contributed by atoms with Gasteiger partial charge in [0, 0.05) is 6.54 Å². The predicted molar refractivity (Wildman–Crippen MR) is 99.3 cm³/mol. The Bertz CT molecular complexity index is 733. The van der Waals surface area contributed by atoms with E-state index in [-0.39, 0.29) is 18.9 Å². The fourth-order valence-corrected chi connectivity index (χ4v) is 2.39. The highest BCUT2D eigenvalue weighted by Gasteiger charge is 2.11. The van der Waals surface area contributed by atoms with Gasteiger partial charge in [-0.25, -0.2) is 0 Å². The first kappa shape index (κ1) is 20.5. The Balaban J connectivity index is 1.74. The van der Waals surface area contributed by atoms with Crippen molar-refractivity contribution in [3.8, 4) is 5.75 Å². The van der Waals surface area contributed by atoms with E-state index in [0.29, 0.717) is 18.9 Å². The van der Waals surface area contributed by atoms with Crippen LogP contribution in [0.3, 0.4) is 0 Å². The van der Waals surface area contributed by atoms with Crippen molar-refractivity contribution in [2.75, 3.05) is 13.2 Å². The van der Waals surface area contributed by atoms with Gasteiger partial charge in [-0.15, -0.1) is 0 Å². The predicted octanol–water partition coefficient (Wildman–Crippen LogP) is 2.87. The molecule has 0 aliphatic rings. The van der Waals surface area contributed by atoms with Gasteiger partial charge in [-0.05, 0) is 38.0 Å².